The molecule has 13 heavy (non-hydrogen) atoms. The van der Waals surface area contributed by atoms with Crippen LogP contribution in [0.4, 0.5) is 0 Å². The van der Waals surface area contributed by atoms with Crippen LogP contribution in [0.15, 0.2) is 21.5 Å². The number of rotatable bonds is 2. The zero-order valence-corrected chi connectivity index (χ0v) is 11.6. The molecule has 0 aromatic rings. The van der Waals surface area contributed by atoms with E-state index in [4.69, 9.17) is 23.2 Å². The van der Waals surface area contributed by atoms with E-state index in [-0.39, 0.29) is 15.8 Å². The molecule has 0 aromatic heterocycles. The van der Waals surface area contributed by atoms with Gasteiger partial charge in [-0.15, -0.1) is 7.92 Å². The molecular weight excluding hydrogens is 241 g/mol. The summed E-state index contributed by atoms with van der Waals surface area (Å²) >= 11 is 12.2. The Labute approximate surface area is 92.9 Å². The molecule has 0 saturated heterocycles. The number of hydrogen-bond acceptors (Lipinski definition) is 0. The van der Waals surface area contributed by atoms with Crippen LogP contribution in [0.5, 0.6) is 0 Å². The Hall–Kier alpha value is 0.920. The van der Waals surface area contributed by atoms with Gasteiger partial charge in [0.15, 0.2) is 0 Å². The fraction of sp³-hybridized carbons (Fsp3) is 0.556. The van der Waals surface area contributed by atoms with Crippen molar-refractivity contribution in [3.8, 4) is 0 Å². The molecule has 0 fully saturated rings. The molecule has 0 saturated carbocycles. The molecular formula is C9H14Cl2P2. The van der Waals surface area contributed by atoms with Gasteiger partial charge in [0.1, 0.15) is 0 Å². The first-order chi connectivity index (χ1) is 5.95. The van der Waals surface area contributed by atoms with Crippen molar-refractivity contribution >= 4 is 39.0 Å². The normalized spacial score (nSPS) is 23.4. The number of allylic oxidation sites excluding steroid dienone is 4. The standard InChI is InChI=1S/C9H14Cl2P2/c1-12(2)7-5-6(10)8(11)9(7)13(3)4/h5,7H,1-4H3. The third-order valence-electron chi connectivity index (χ3n) is 2.06. The summed E-state index contributed by atoms with van der Waals surface area (Å²) in [5.41, 5.74) is 0.524. The maximum atomic E-state index is 6.17. The Morgan fingerprint density at radius 1 is 1.15 bits per heavy atom. The van der Waals surface area contributed by atoms with Crippen LogP contribution in [0.3, 0.4) is 0 Å². The molecule has 0 aliphatic heterocycles. The van der Waals surface area contributed by atoms with Crippen molar-refractivity contribution < 1.29 is 0 Å². The van der Waals surface area contributed by atoms with Gasteiger partial charge in [-0.05, 0) is 32.0 Å². The highest BCUT2D eigenvalue weighted by Crippen LogP contribution is 2.56. The van der Waals surface area contributed by atoms with Crippen LogP contribution in [0, 0.1) is 0 Å². The summed E-state index contributed by atoms with van der Waals surface area (Å²) in [7, 11) is -0.126. The molecule has 0 bridgehead atoms. The second kappa shape index (κ2) is 4.63. The van der Waals surface area contributed by atoms with E-state index in [1.165, 1.54) is 5.31 Å². The van der Waals surface area contributed by atoms with Crippen LogP contribution in [-0.4, -0.2) is 32.3 Å². The molecule has 0 amide bonds. The average Bonchev–Trinajstić information content (AvgIpc) is 2.28. The monoisotopic (exact) mass is 254 g/mol. The molecule has 0 heterocycles. The van der Waals surface area contributed by atoms with E-state index in [9.17, 15) is 0 Å². The van der Waals surface area contributed by atoms with Gasteiger partial charge in [0.05, 0.1) is 10.1 Å². The first kappa shape index (κ1) is 12.0. The molecule has 0 aromatic carbocycles. The van der Waals surface area contributed by atoms with E-state index in [0.29, 0.717) is 5.66 Å². The van der Waals surface area contributed by atoms with E-state index >= 15 is 0 Å². The minimum atomic E-state index is -0.112. The third-order valence-corrected chi connectivity index (χ3v) is 6.20. The van der Waals surface area contributed by atoms with E-state index in [1.807, 2.05) is 0 Å². The van der Waals surface area contributed by atoms with Crippen molar-refractivity contribution in [1.82, 2.24) is 0 Å². The van der Waals surface area contributed by atoms with Crippen molar-refractivity contribution in [2.75, 3.05) is 26.7 Å². The van der Waals surface area contributed by atoms with E-state index in [0.717, 1.165) is 10.1 Å². The van der Waals surface area contributed by atoms with Crippen LogP contribution in [0.1, 0.15) is 0 Å². The first-order valence-corrected chi connectivity index (χ1v) is 9.36. The molecule has 1 unspecified atom stereocenters. The molecule has 1 aliphatic rings. The van der Waals surface area contributed by atoms with Gasteiger partial charge in [0.2, 0.25) is 0 Å². The first-order valence-electron chi connectivity index (χ1n) is 4.06. The Morgan fingerprint density at radius 3 is 2.00 bits per heavy atom. The fourth-order valence-corrected chi connectivity index (χ4v) is 6.11. The van der Waals surface area contributed by atoms with Gasteiger partial charge < -0.3 is 0 Å². The SMILES string of the molecule is CP(C)C1=C(Cl)C(Cl)=CC1P(C)C. The summed E-state index contributed by atoms with van der Waals surface area (Å²) in [6.07, 6.45) is 2.12. The average molecular weight is 255 g/mol. The smallest absolute Gasteiger partial charge is 0.0635 e. The van der Waals surface area contributed by atoms with Crippen LogP contribution in [0.2, 0.25) is 0 Å². The highest BCUT2D eigenvalue weighted by atomic mass is 35.5. The number of halogens is 2. The minimum absolute atomic E-state index is 0.0135. The van der Waals surface area contributed by atoms with Gasteiger partial charge in [0.25, 0.3) is 0 Å². The Morgan fingerprint density at radius 2 is 1.69 bits per heavy atom. The van der Waals surface area contributed by atoms with Crippen molar-refractivity contribution in [1.29, 1.82) is 0 Å². The summed E-state index contributed by atoms with van der Waals surface area (Å²) in [6.45, 7) is 9.02. The van der Waals surface area contributed by atoms with Gasteiger partial charge in [-0.2, -0.15) is 0 Å². The molecule has 0 nitrogen and oxygen atoms in total. The Bertz CT molecular complexity index is 267. The van der Waals surface area contributed by atoms with E-state index < -0.39 is 0 Å². The van der Waals surface area contributed by atoms with Crippen molar-refractivity contribution in [2.45, 2.75) is 5.66 Å². The van der Waals surface area contributed by atoms with Crippen LogP contribution >= 0.6 is 39.0 Å². The molecule has 74 valence electrons. The van der Waals surface area contributed by atoms with Gasteiger partial charge in [-0.25, -0.2) is 0 Å². The molecule has 1 rings (SSSR count). The van der Waals surface area contributed by atoms with Crippen LogP contribution < -0.4 is 0 Å². The van der Waals surface area contributed by atoms with Gasteiger partial charge in [-0.1, -0.05) is 37.2 Å². The lowest BCUT2D eigenvalue weighted by Gasteiger charge is -2.21. The second-order valence-corrected chi connectivity index (χ2v) is 9.06. The quantitative estimate of drug-likeness (QED) is 0.640. The van der Waals surface area contributed by atoms with Crippen molar-refractivity contribution in [3.05, 3.63) is 21.5 Å². The lowest BCUT2D eigenvalue weighted by molar-refractivity contribution is 1.39. The Kier molecular flexibility index (Phi) is 4.27. The second-order valence-electron chi connectivity index (χ2n) is 3.52. The molecule has 0 radical (unpaired) electrons. The maximum Gasteiger partial charge on any atom is 0.0635 e. The zero-order chi connectivity index (χ0) is 10.2. The topological polar surface area (TPSA) is 0 Å². The lowest BCUT2D eigenvalue weighted by atomic mass is 10.5. The minimum Gasteiger partial charge on any atom is -0.101 e. The molecule has 1 atom stereocenters. The third kappa shape index (κ3) is 2.48. The van der Waals surface area contributed by atoms with Gasteiger partial charge in [-0.3, -0.25) is 0 Å². The number of hydrogen-bond donors (Lipinski definition) is 0. The summed E-state index contributed by atoms with van der Waals surface area (Å²) in [5, 5.41) is 2.96. The summed E-state index contributed by atoms with van der Waals surface area (Å²) in [4.78, 5) is 0. The largest absolute Gasteiger partial charge is 0.101 e. The Balaban J connectivity index is 3.02. The summed E-state index contributed by atoms with van der Waals surface area (Å²) in [6, 6.07) is 0. The van der Waals surface area contributed by atoms with Crippen LogP contribution in [-0.2, 0) is 0 Å². The predicted octanol–water partition coefficient (Wildman–Crippen LogP) is 4.42. The van der Waals surface area contributed by atoms with Gasteiger partial charge in [0, 0.05) is 5.66 Å². The van der Waals surface area contributed by atoms with Gasteiger partial charge >= 0.3 is 0 Å². The predicted molar refractivity (Wildman–Crippen MR) is 68.1 cm³/mol. The molecule has 4 heteroatoms. The lowest BCUT2D eigenvalue weighted by Crippen LogP contribution is -2.00. The van der Waals surface area contributed by atoms with Crippen molar-refractivity contribution in [2.24, 2.45) is 0 Å². The van der Waals surface area contributed by atoms with E-state index in [2.05, 4.69) is 32.7 Å². The molecule has 1 aliphatic carbocycles. The molecule has 0 spiro atoms. The van der Waals surface area contributed by atoms with Crippen molar-refractivity contribution in [3.63, 3.8) is 0 Å². The molecule has 0 N–H and O–H groups in total. The fourth-order valence-electron chi connectivity index (χ4n) is 1.40. The zero-order valence-electron chi connectivity index (χ0n) is 8.31. The summed E-state index contributed by atoms with van der Waals surface area (Å²) in [5.74, 6) is 0. The van der Waals surface area contributed by atoms with E-state index in [1.54, 1.807) is 0 Å². The van der Waals surface area contributed by atoms with Crippen LogP contribution in [0.25, 0.3) is 0 Å². The summed E-state index contributed by atoms with van der Waals surface area (Å²) < 4.78 is 0. The highest BCUT2D eigenvalue weighted by Gasteiger charge is 2.28. The highest BCUT2D eigenvalue weighted by molar-refractivity contribution is 7.64. The maximum absolute atomic E-state index is 6.17.